The fraction of sp³-hybridized carbons (Fsp3) is 0.278. The predicted octanol–water partition coefficient (Wildman–Crippen LogP) is 4.01. The van der Waals surface area contributed by atoms with Gasteiger partial charge in [-0.3, -0.25) is 0 Å². The molecule has 1 aliphatic rings. The monoisotopic (exact) mass is 297 g/mol. The summed E-state index contributed by atoms with van der Waals surface area (Å²) in [5.41, 5.74) is 2.14. The molecule has 4 heteroatoms. The first-order valence-electron chi connectivity index (χ1n) is 7.28. The molecule has 1 aliphatic heterocycles. The van der Waals surface area contributed by atoms with Crippen molar-refractivity contribution in [3.05, 3.63) is 59.7 Å². The maximum atomic E-state index is 9.26. The third kappa shape index (κ3) is 3.06. The Labute approximate surface area is 130 Å². The Kier molecular flexibility index (Phi) is 3.75. The Bertz CT molecular complexity index is 693. The van der Waals surface area contributed by atoms with Crippen molar-refractivity contribution in [3.63, 3.8) is 0 Å². The summed E-state index contributed by atoms with van der Waals surface area (Å²) in [6, 6.07) is 15.6. The summed E-state index contributed by atoms with van der Waals surface area (Å²) in [5, 5.41) is 12.7. The summed E-state index contributed by atoms with van der Waals surface area (Å²) < 4.78 is 11.7. The van der Waals surface area contributed by atoms with Crippen LogP contribution in [-0.4, -0.2) is 16.5 Å². The summed E-state index contributed by atoms with van der Waals surface area (Å²) in [6.07, 6.45) is 0.554. The molecule has 0 amide bonds. The van der Waals surface area contributed by atoms with Crippen molar-refractivity contribution < 1.29 is 14.7 Å². The molecule has 114 valence electrons. The Hall–Kier alpha value is -2.49. The fourth-order valence-electron chi connectivity index (χ4n) is 2.58. The summed E-state index contributed by atoms with van der Waals surface area (Å²) in [7, 11) is 0. The van der Waals surface area contributed by atoms with Gasteiger partial charge in [-0.15, -0.1) is 0 Å². The molecule has 0 spiro atoms. The SMILES string of the molecule is CC1(C)CC(=NO)c2cc(OCc3ccccc3)ccc2O1. The van der Waals surface area contributed by atoms with Crippen LogP contribution in [0, 0.1) is 0 Å². The highest BCUT2D eigenvalue weighted by molar-refractivity contribution is 6.04. The topological polar surface area (TPSA) is 51.1 Å². The largest absolute Gasteiger partial charge is 0.489 e. The lowest BCUT2D eigenvalue weighted by Crippen LogP contribution is -2.36. The first-order chi connectivity index (χ1) is 10.6. The molecule has 2 aromatic rings. The second kappa shape index (κ2) is 5.72. The van der Waals surface area contributed by atoms with Crippen molar-refractivity contribution >= 4 is 5.71 Å². The van der Waals surface area contributed by atoms with Crippen molar-refractivity contribution in [2.24, 2.45) is 5.16 Å². The van der Waals surface area contributed by atoms with Crippen LogP contribution in [0.3, 0.4) is 0 Å². The lowest BCUT2D eigenvalue weighted by Gasteiger charge is -2.33. The standard InChI is InChI=1S/C18H19NO3/c1-18(2)11-16(19-20)15-10-14(8-9-17(15)22-18)21-12-13-6-4-3-5-7-13/h3-10,20H,11-12H2,1-2H3. The van der Waals surface area contributed by atoms with Crippen LogP contribution in [0.5, 0.6) is 11.5 Å². The summed E-state index contributed by atoms with van der Waals surface area (Å²) in [4.78, 5) is 0. The minimum absolute atomic E-state index is 0.374. The average Bonchev–Trinajstić information content (AvgIpc) is 2.52. The highest BCUT2D eigenvalue weighted by atomic mass is 16.5. The lowest BCUT2D eigenvalue weighted by molar-refractivity contribution is 0.109. The molecule has 0 saturated heterocycles. The van der Waals surface area contributed by atoms with E-state index in [-0.39, 0.29) is 5.60 Å². The molecule has 0 aliphatic carbocycles. The van der Waals surface area contributed by atoms with E-state index in [0.717, 1.165) is 22.6 Å². The molecule has 0 atom stereocenters. The molecule has 2 aromatic carbocycles. The van der Waals surface area contributed by atoms with Crippen molar-refractivity contribution in [2.45, 2.75) is 32.5 Å². The Morgan fingerprint density at radius 3 is 2.68 bits per heavy atom. The molecule has 0 unspecified atom stereocenters. The van der Waals surface area contributed by atoms with Crippen LogP contribution in [0.1, 0.15) is 31.4 Å². The smallest absolute Gasteiger partial charge is 0.129 e. The van der Waals surface area contributed by atoms with Crippen molar-refractivity contribution in [3.8, 4) is 11.5 Å². The summed E-state index contributed by atoms with van der Waals surface area (Å²) >= 11 is 0. The molecule has 22 heavy (non-hydrogen) atoms. The summed E-state index contributed by atoms with van der Waals surface area (Å²) in [6.45, 7) is 4.44. The first kappa shape index (κ1) is 14.4. The van der Waals surface area contributed by atoms with Crippen LogP contribution in [0.4, 0.5) is 0 Å². The molecule has 1 N–H and O–H groups in total. The maximum Gasteiger partial charge on any atom is 0.129 e. The van der Waals surface area contributed by atoms with E-state index < -0.39 is 0 Å². The highest BCUT2D eigenvalue weighted by Gasteiger charge is 2.31. The van der Waals surface area contributed by atoms with Gasteiger partial charge >= 0.3 is 0 Å². The molecule has 3 rings (SSSR count). The van der Waals surface area contributed by atoms with E-state index in [4.69, 9.17) is 9.47 Å². The van der Waals surface area contributed by atoms with Gasteiger partial charge in [-0.05, 0) is 37.6 Å². The van der Waals surface area contributed by atoms with Gasteiger partial charge in [0.1, 0.15) is 23.7 Å². The van der Waals surface area contributed by atoms with Crippen LogP contribution in [0.2, 0.25) is 0 Å². The zero-order chi connectivity index (χ0) is 15.6. The van der Waals surface area contributed by atoms with Gasteiger partial charge in [0, 0.05) is 12.0 Å². The number of nitrogens with zero attached hydrogens (tertiary/aromatic N) is 1. The normalized spacial score (nSPS) is 17.6. The zero-order valence-electron chi connectivity index (χ0n) is 12.7. The van der Waals surface area contributed by atoms with Crippen LogP contribution in [0.25, 0.3) is 0 Å². The average molecular weight is 297 g/mol. The van der Waals surface area contributed by atoms with Crippen molar-refractivity contribution in [2.75, 3.05) is 0 Å². The second-order valence-corrected chi connectivity index (χ2v) is 6.02. The number of hydrogen-bond acceptors (Lipinski definition) is 4. The zero-order valence-corrected chi connectivity index (χ0v) is 12.7. The van der Waals surface area contributed by atoms with Crippen LogP contribution in [-0.2, 0) is 6.61 Å². The minimum atomic E-state index is -0.374. The Morgan fingerprint density at radius 2 is 1.95 bits per heavy atom. The van der Waals surface area contributed by atoms with Gasteiger partial charge in [0.05, 0.1) is 5.71 Å². The van der Waals surface area contributed by atoms with Gasteiger partial charge in [0.15, 0.2) is 0 Å². The van der Waals surface area contributed by atoms with E-state index in [1.807, 2.05) is 62.4 Å². The molecule has 0 aromatic heterocycles. The number of benzene rings is 2. The van der Waals surface area contributed by atoms with Gasteiger partial charge in [-0.1, -0.05) is 35.5 Å². The lowest BCUT2D eigenvalue weighted by atomic mass is 9.92. The Balaban J connectivity index is 1.82. The molecule has 0 radical (unpaired) electrons. The number of rotatable bonds is 3. The number of oxime groups is 1. The first-order valence-corrected chi connectivity index (χ1v) is 7.28. The van der Waals surface area contributed by atoms with Crippen LogP contribution >= 0.6 is 0 Å². The number of ether oxygens (including phenoxy) is 2. The van der Waals surface area contributed by atoms with Gasteiger partial charge in [-0.2, -0.15) is 0 Å². The molecule has 0 fully saturated rings. The van der Waals surface area contributed by atoms with Gasteiger partial charge < -0.3 is 14.7 Å². The highest BCUT2D eigenvalue weighted by Crippen LogP contribution is 2.35. The van der Waals surface area contributed by atoms with E-state index in [1.54, 1.807) is 0 Å². The van der Waals surface area contributed by atoms with E-state index in [9.17, 15) is 5.21 Å². The van der Waals surface area contributed by atoms with Crippen LogP contribution < -0.4 is 9.47 Å². The maximum absolute atomic E-state index is 9.26. The quantitative estimate of drug-likeness (QED) is 0.688. The molecule has 4 nitrogen and oxygen atoms in total. The van der Waals surface area contributed by atoms with E-state index in [0.29, 0.717) is 18.7 Å². The third-order valence-corrected chi connectivity index (χ3v) is 3.61. The number of hydrogen-bond donors (Lipinski definition) is 1. The summed E-state index contributed by atoms with van der Waals surface area (Å²) in [5.74, 6) is 1.45. The number of fused-ring (bicyclic) bond motifs is 1. The van der Waals surface area contributed by atoms with Crippen molar-refractivity contribution in [1.29, 1.82) is 0 Å². The van der Waals surface area contributed by atoms with Gasteiger partial charge in [0.2, 0.25) is 0 Å². The minimum Gasteiger partial charge on any atom is -0.489 e. The fourth-order valence-corrected chi connectivity index (χ4v) is 2.58. The van der Waals surface area contributed by atoms with E-state index in [1.165, 1.54) is 0 Å². The van der Waals surface area contributed by atoms with Gasteiger partial charge in [0.25, 0.3) is 0 Å². The second-order valence-electron chi connectivity index (χ2n) is 6.02. The Morgan fingerprint density at radius 1 is 1.18 bits per heavy atom. The van der Waals surface area contributed by atoms with Crippen molar-refractivity contribution in [1.82, 2.24) is 0 Å². The third-order valence-electron chi connectivity index (χ3n) is 3.61. The van der Waals surface area contributed by atoms with Crippen LogP contribution in [0.15, 0.2) is 53.7 Å². The molecule has 1 heterocycles. The molecule has 0 bridgehead atoms. The molecular formula is C18H19NO3. The molecular weight excluding hydrogens is 278 g/mol. The van der Waals surface area contributed by atoms with E-state index >= 15 is 0 Å². The van der Waals surface area contributed by atoms with Gasteiger partial charge in [-0.25, -0.2) is 0 Å². The molecule has 0 saturated carbocycles. The predicted molar refractivity (Wildman–Crippen MR) is 84.9 cm³/mol. The van der Waals surface area contributed by atoms with E-state index in [2.05, 4.69) is 5.16 Å².